The van der Waals surface area contributed by atoms with E-state index in [1.807, 2.05) is 18.2 Å². The van der Waals surface area contributed by atoms with Gasteiger partial charge in [0.15, 0.2) is 5.15 Å². The smallest absolute Gasteiger partial charge is 0.218 e. The maximum atomic E-state index is 12.4. The number of hydrogen-bond donors (Lipinski definition) is 1. The molecule has 3 heterocycles. The highest BCUT2D eigenvalue weighted by Crippen LogP contribution is 2.34. The van der Waals surface area contributed by atoms with Crippen LogP contribution in [0.2, 0.25) is 15.5 Å². The molecule has 0 saturated heterocycles. The monoisotopic (exact) mass is 698 g/mol. The molecule has 0 radical (unpaired) electrons. The first-order chi connectivity index (χ1) is 18.2. The summed E-state index contributed by atoms with van der Waals surface area (Å²) < 4.78 is 12.2. The Morgan fingerprint density at radius 1 is 0.868 bits per heavy atom. The third-order valence-electron chi connectivity index (χ3n) is 4.99. The molecule has 0 fully saturated rings. The van der Waals surface area contributed by atoms with Gasteiger partial charge in [-0.2, -0.15) is 5.10 Å². The van der Waals surface area contributed by atoms with Gasteiger partial charge in [0.05, 0.1) is 37.9 Å². The molecule has 0 saturated carbocycles. The van der Waals surface area contributed by atoms with Crippen LogP contribution in [0.15, 0.2) is 57.7 Å². The van der Waals surface area contributed by atoms with E-state index in [9.17, 15) is 4.79 Å². The fourth-order valence-corrected chi connectivity index (χ4v) is 4.58. The first-order valence-corrected chi connectivity index (χ1v) is 13.2. The van der Waals surface area contributed by atoms with Crippen LogP contribution >= 0.6 is 66.7 Å². The second-order valence-corrected chi connectivity index (χ2v) is 10.3. The maximum Gasteiger partial charge on any atom is 0.218 e. The zero-order valence-electron chi connectivity index (χ0n) is 19.5. The Balaban J connectivity index is 0.000000177. The van der Waals surface area contributed by atoms with Gasteiger partial charge in [-0.15, -0.1) is 0 Å². The molecule has 0 aliphatic heterocycles. The van der Waals surface area contributed by atoms with Crippen molar-refractivity contribution < 1.29 is 14.3 Å². The van der Waals surface area contributed by atoms with Crippen LogP contribution in [0.1, 0.15) is 16.1 Å². The summed E-state index contributed by atoms with van der Waals surface area (Å²) in [6.07, 6.45) is 2.76. The zero-order chi connectivity index (χ0) is 27.4. The minimum Gasteiger partial charge on any atom is -0.496 e. The van der Waals surface area contributed by atoms with E-state index in [1.54, 1.807) is 25.3 Å². The summed E-state index contributed by atoms with van der Waals surface area (Å²) in [6.45, 7) is 0. The van der Waals surface area contributed by atoms with Gasteiger partial charge in [-0.25, -0.2) is 19.9 Å². The van der Waals surface area contributed by atoms with Gasteiger partial charge in [0.25, 0.3) is 0 Å². The molecule has 2 aromatic carbocycles. The Labute approximate surface area is 248 Å². The van der Waals surface area contributed by atoms with Crippen molar-refractivity contribution in [3.8, 4) is 22.8 Å². The molecule has 1 N–H and O–H groups in total. The number of H-pyrrole nitrogens is 1. The molecule has 0 amide bonds. The number of benzene rings is 2. The van der Waals surface area contributed by atoms with Crippen molar-refractivity contribution in [2.45, 2.75) is 0 Å². The van der Waals surface area contributed by atoms with Gasteiger partial charge in [0, 0.05) is 14.5 Å². The number of fused-ring (bicyclic) bond motifs is 1. The number of methoxy groups -OCH3 is 2. The van der Waals surface area contributed by atoms with Crippen molar-refractivity contribution in [3.05, 3.63) is 84.5 Å². The van der Waals surface area contributed by atoms with Crippen LogP contribution in [0.5, 0.6) is 11.5 Å². The summed E-state index contributed by atoms with van der Waals surface area (Å²) in [7, 11) is 3.10. The number of nitrogens with zero attached hydrogens (tertiary/aromatic N) is 5. The summed E-state index contributed by atoms with van der Waals surface area (Å²) in [5, 5.41) is 7.43. The number of ketones is 1. The number of nitrogens with one attached hydrogen (secondary N) is 1. The molecule has 0 aliphatic rings. The topological polar surface area (TPSA) is 116 Å². The number of ether oxygens (including phenoxy) is 2. The van der Waals surface area contributed by atoms with E-state index in [2.05, 4.69) is 62.0 Å². The van der Waals surface area contributed by atoms with E-state index in [0.29, 0.717) is 27.6 Å². The average Bonchev–Trinajstić information content (AvgIpc) is 3.31. The molecule has 0 atom stereocenters. The quantitative estimate of drug-likeness (QED) is 0.191. The maximum absolute atomic E-state index is 12.4. The number of rotatable bonds is 5. The van der Waals surface area contributed by atoms with Crippen molar-refractivity contribution in [1.82, 2.24) is 30.1 Å². The minimum atomic E-state index is -0.382. The summed E-state index contributed by atoms with van der Waals surface area (Å²) in [4.78, 5) is 28.5. The van der Waals surface area contributed by atoms with Crippen molar-refractivity contribution in [2.75, 3.05) is 14.2 Å². The molecule has 0 aliphatic carbocycles. The molecule has 5 aromatic rings. The van der Waals surface area contributed by atoms with Gasteiger partial charge < -0.3 is 9.47 Å². The molecular formula is C24H15Br2Cl3N6O3. The fraction of sp³-hybridized carbons (Fsp3) is 0.0833. The second kappa shape index (κ2) is 12.4. The number of halogens is 5. The summed E-state index contributed by atoms with van der Waals surface area (Å²) in [5.41, 5.74) is 3.11. The second-order valence-electron chi connectivity index (χ2n) is 7.31. The first kappa shape index (κ1) is 28.2. The molecule has 0 bridgehead atoms. The highest BCUT2D eigenvalue weighted by Gasteiger charge is 2.20. The molecule has 5 rings (SSSR count). The van der Waals surface area contributed by atoms with Crippen LogP contribution < -0.4 is 9.47 Å². The number of hydrogen-bond acceptors (Lipinski definition) is 8. The molecule has 3 aromatic heterocycles. The number of carbonyl (C=O) groups is 1. The highest BCUT2D eigenvalue weighted by molar-refractivity contribution is 9.10. The average molecular weight is 702 g/mol. The van der Waals surface area contributed by atoms with E-state index in [-0.39, 0.29) is 21.8 Å². The standard InChI is InChI=1S/C12H7BrCl2N2O2.C12H8BrClN4O/c1-19-8-3-2-6(13)4-7(8)11(18)10-12(15)17-9(14)5-16-10;1-19-8-3-2-6(13)4-7(8)10-11-12(18-17-10)16-9(14)5-15-11/h2-5H,1H3;2-5H,1H3,(H,16,17,18). The van der Waals surface area contributed by atoms with Gasteiger partial charge in [-0.05, 0) is 36.4 Å². The lowest BCUT2D eigenvalue weighted by molar-refractivity contribution is 0.103. The SMILES string of the molecule is COc1ccc(Br)cc1-c1[nH]nc2nc(Cl)cnc12.COc1ccc(Br)cc1C(=O)c1ncc(Cl)nc1Cl. The van der Waals surface area contributed by atoms with Crippen LogP contribution in [0.3, 0.4) is 0 Å². The Bertz CT molecular complexity index is 1650. The Kier molecular flexibility index (Phi) is 9.16. The number of carbonyl (C=O) groups excluding carboxylic acids is 1. The molecule has 0 unspecified atom stereocenters. The Morgan fingerprint density at radius 2 is 1.50 bits per heavy atom. The Hall–Kier alpha value is -2.83. The van der Waals surface area contributed by atoms with Gasteiger partial charge in [-0.3, -0.25) is 9.89 Å². The van der Waals surface area contributed by atoms with Crippen LogP contribution in [0, 0.1) is 0 Å². The minimum absolute atomic E-state index is 0.0301. The molecular weight excluding hydrogens is 686 g/mol. The van der Waals surface area contributed by atoms with Gasteiger partial charge in [0.2, 0.25) is 11.4 Å². The van der Waals surface area contributed by atoms with Crippen LogP contribution in [0.25, 0.3) is 22.4 Å². The van der Waals surface area contributed by atoms with E-state index < -0.39 is 0 Å². The third-order valence-corrected chi connectivity index (χ3v) is 6.60. The van der Waals surface area contributed by atoms with Crippen LogP contribution in [-0.4, -0.2) is 50.1 Å². The molecule has 14 heteroatoms. The van der Waals surface area contributed by atoms with E-state index in [4.69, 9.17) is 44.3 Å². The first-order valence-electron chi connectivity index (χ1n) is 10.5. The normalized spacial score (nSPS) is 10.6. The summed E-state index contributed by atoms with van der Waals surface area (Å²) in [6, 6.07) is 10.8. The Morgan fingerprint density at radius 3 is 2.18 bits per heavy atom. The summed E-state index contributed by atoms with van der Waals surface area (Å²) >= 11 is 24.1. The zero-order valence-corrected chi connectivity index (χ0v) is 24.9. The predicted octanol–water partition coefficient (Wildman–Crippen LogP) is 7.23. The molecule has 194 valence electrons. The lowest BCUT2D eigenvalue weighted by Gasteiger charge is -2.08. The number of aromatic nitrogens is 6. The van der Waals surface area contributed by atoms with E-state index in [1.165, 1.54) is 19.5 Å². The van der Waals surface area contributed by atoms with Gasteiger partial charge in [-0.1, -0.05) is 66.7 Å². The van der Waals surface area contributed by atoms with Crippen molar-refractivity contribution in [2.24, 2.45) is 0 Å². The van der Waals surface area contributed by atoms with Crippen molar-refractivity contribution in [3.63, 3.8) is 0 Å². The van der Waals surface area contributed by atoms with Gasteiger partial charge in [0.1, 0.15) is 33.0 Å². The van der Waals surface area contributed by atoms with Crippen LogP contribution in [0.4, 0.5) is 0 Å². The largest absolute Gasteiger partial charge is 0.496 e. The summed E-state index contributed by atoms with van der Waals surface area (Å²) in [5.74, 6) is 0.777. The van der Waals surface area contributed by atoms with E-state index >= 15 is 0 Å². The fourth-order valence-electron chi connectivity index (χ4n) is 3.32. The highest BCUT2D eigenvalue weighted by atomic mass is 79.9. The van der Waals surface area contributed by atoms with Crippen LogP contribution in [-0.2, 0) is 0 Å². The third kappa shape index (κ3) is 6.24. The molecule has 0 spiro atoms. The van der Waals surface area contributed by atoms with Crippen molar-refractivity contribution >= 4 is 83.6 Å². The van der Waals surface area contributed by atoms with Crippen molar-refractivity contribution in [1.29, 1.82) is 0 Å². The lowest BCUT2D eigenvalue weighted by Crippen LogP contribution is -2.08. The predicted molar refractivity (Wildman–Crippen MR) is 153 cm³/mol. The number of aromatic amines is 1. The van der Waals surface area contributed by atoms with Gasteiger partial charge >= 0.3 is 0 Å². The van der Waals surface area contributed by atoms with E-state index in [0.717, 1.165) is 26.0 Å². The molecule has 9 nitrogen and oxygen atoms in total. The molecule has 38 heavy (non-hydrogen) atoms. The lowest BCUT2D eigenvalue weighted by atomic mass is 10.1.